The Morgan fingerprint density at radius 3 is 2.59 bits per heavy atom. The minimum Gasteiger partial charge on any atom is -0.383 e. The van der Waals surface area contributed by atoms with Gasteiger partial charge >= 0.3 is 0 Å². The van der Waals surface area contributed by atoms with Gasteiger partial charge in [0.1, 0.15) is 17.7 Å². The summed E-state index contributed by atoms with van der Waals surface area (Å²) in [5, 5.41) is 8.97. The van der Waals surface area contributed by atoms with Crippen molar-refractivity contribution in [3.63, 3.8) is 0 Å². The lowest BCUT2D eigenvalue weighted by molar-refractivity contribution is 0.571. The molecule has 3 nitrogen and oxygen atoms in total. The van der Waals surface area contributed by atoms with Gasteiger partial charge in [0.05, 0.1) is 11.1 Å². The summed E-state index contributed by atoms with van der Waals surface area (Å²) in [6, 6.07) is 7.97. The SMILES string of the molecule is CC(C)(C)C#Cc1c(-c2ccc(F)c(C#N)c2)ccnc1N. The van der Waals surface area contributed by atoms with Crippen LogP contribution in [0.15, 0.2) is 30.5 Å². The molecule has 0 saturated heterocycles. The molecule has 22 heavy (non-hydrogen) atoms. The molecule has 0 aliphatic carbocycles. The van der Waals surface area contributed by atoms with E-state index in [1.807, 2.05) is 26.8 Å². The zero-order valence-corrected chi connectivity index (χ0v) is 12.7. The van der Waals surface area contributed by atoms with E-state index in [1.165, 1.54) is 12.1 Å². The molecule has 0 radical (unpaired) electrons. The van der Waals surface area contributed by atoms with Crippen molar-refractivity contribution in [2.75, 3.05) is 5.73 Å². The van der Waals surface area contributed by atoms with Crippen LogP contribution >= 0.6 is 0 Å². The summed E-state index contributed by atoms with van der Waals surface area (Å²) in [6.45, 7) is 5.99. The first-order valence-corrected chi connectivity index (χ1v) is 6.79. The lowest BCUT2D eigenvalue weighted by atomic mass is 9.95. The smallest absolute Gasteiger partial charge is 0.140 e. The number of hydrogen-bond donors (Lipinski definition) is 1. The Balaban J connectivity index is 2.64. The second-order valence-corrected chi connectivity index (χ2v) is 5.93. The highest BCUT2D eigenvalue weighted by atomic mass is 19.1. The fraction of sp³-hybridized carbons (Fsp3) is 0.222. The lowest BCUT2D eigenvalue weighted by Gasteiger charge is -2.10. The Bertz CT molecular complexity index is 815. The molecule has 2 N–H and O–H groups in total. The van der Waals surface area contributed by atoms with Crippen LogP contribution in [0, 0.1) is 34.4 Å². The Labute approximate surface area is 129 Å². The van der Waals surface area contributed by atoms with Gasteiger partial charge < -0.3 is 5.73 Å². The number of aromatic nitrogens is 1. The molecule has 0 amide bonds. The molecule has 0 fully saturated rings. The number of nitrogens with two attached hydrogens (primary N) is 1. The summed E-state index contributed by atoms with van der Waals surface area (Å²) in [6.07, 6.45) is 1.57. The van der Waals surface area contributed by atoms with Crippen molar-refractivity contribution in [2.45, 2.75) is 20.8 Å². The van der Waals surface area contributed by atoms with E-state index >= 15 is 0 Å². The summed E-state index contributed by atoms with van der Waals surface area (Å²) in [5.74, 6) is 5.95. The van der Waals surface area contributed by atoms with Gasteiger partial charge in [-0.3, -0.25) is 0 Å². The third-order valence-electron chi connectivity index (χ3n) is 2.94. The maximum absolute atomic E-state index is 13.5. The number of nitrogen functional groups attached to an aromatic ring is 1. The fourth-order valence-electron chi connectivity index (χ4n) is 1.88. The van der Waals surface area contributed by atoms with Gasteiger partial charge in [0.25, 0.3) is 0 Å². The molecule has 1 aromatic carbocycles. The van der Waals surface area contributed by atoms with E-state index < -0.39 is 5.82 Å². The molecular weight excluding hydrogens is 277 g/mol. The molecule has 0 bridgehead atoms. The topological polar surface area (TPSA) is 62.7 Å². The van der Waals surface area contributed by atoms with Crippen molar-refractivity contribution in [3.05, 3.63) is 47.4 Å². The predicted octanol–water partition coefficient (Wildman–Crippen LogP) is 3.74. The Hall–Kier alpha value is -2.85. The second kappa shape index (κ2) is 5.87. The second-order valence-electron chi connectivity index (χ2n) is 5.93. The van der Waals surface area contributed by atoms with Crippen LogP contribution in [0.3, 0.4) is 0 Å². The third-order valence-corrected chi connectivity index (χ3v) is 2.94. The number of anilines is 1. The molecule has 0 aliphatic heterocycles. The van der Waals surface area contributed by atoms with Crippen LogP contribution in [-0.2, 0) is 0 Å². The van der Waals surface area contributed by atoms with Crippen LogP contribution in [-0.4, -0.2) is 4.98 Å². The van der Waals surface area contributed by atoms with Crippen LogP contribution in [0.2, 0.25) is 0 Å². The van der Waals surface area contributed by atoms with Gasteiger partial charge in [0.15, 0.2) is 0 Å². The molecule has 0 unspecified atom stereocenters. The number of halogens is 1. The number of nitriles is 1. The minimum absolute atomic E-state index is 0.0115. The van der Waals surface area contributed by atoms with Crippen LogP contribution < -0.4 is 5.73 Å². The van der Waals surface area contributed by atoms with Crippen LogP contribution in [0.4, 0.5) is 10.2 Å². The highest BCUT2D eigenvalue weighted by Crippen LogP contribution is 2.27. The maximum Gasteiger partial charge on any atom is 0.140 e. The highest BCUT2D eigenvalue weighted by molar-refractivity contribution is 5.76. The highest BCUT2D eigenvalue weighted by Gasteiger charge is 2.11. The molecule has 1 heterocycles. The monoisotopic (exact) mass is 293 g/mol. The van der Waals surface area contributed by atoms with E-state index in [0.717, 1.165) is 5.56 Å². The third kappa shape index (κ3) is 3.42. The first-order chi connectivity index (χ1) is 10.3. The number of rotatable bonds is 1. The van der Waals surface area contributed by atoms with Crippen molar-refractivity contribution < 1.29 is 4.39 Å². The normalized spacial score (nSPS) is 10.5. The predicted molar refractivity (Wildman–Crippen MR) is 85.1 cm³/mol. The summed E-state index contributed by atoms with van der Waals surface area (Å²) in [7, 11) is 0. The minimum atomic E-state index is -0.546. The molecule has 0 saturated carbocycles. The van der Waals surface area contributed by atoms with E-state index in [1.54, 1.807) is 18.3 Å². The molecular formula is C18H16FN3. The Morgan fingerprint density at radius 1 is 1.23 bits per heavy atom. The molecule has 0 aliphatic rings. The van der Waals surface area contributed by atoms with Crippen LogP contribution in [0.1, 0.15) is 31.9 Å². The van der Waals surface area contributed by atoms with Crippen LogP contribution in [0.25, 0.3) is 11.1 Å². The summed E-state index contributed by atoms with van der Waals surface area (Å²) in [4.78, 5) is 4.06. The molecule has 4 heteroatoms. The first-order valence-electron chi connectivity index (χ1n) is 6.79. The van der Waals surface area contributed by atoms with Crippen molar-refractivity contribution >= 4 is 5.82 Å². The Kier molecular flexibility index (Phi) is 4.15. The Morgan fingerprint density at radius 2 is 1.95 bits per heavy atom. The lowest BCUT2D eigenvalue weighted by Crippen LogP contribution is -2.01. The number of hydrogen-bond acceptors (Lipinski definition) is 3. The van der Waals surface area contributed by atoms with Gasteiger partial charge in [-0.1, -0.05) is 17.9 Å². The average Bonchev–Trinajstić information content (AvgIpc) is 2.45. The summed E-state index contributed by atoms with van der Waals surface area (Å²) < 4.78 is 13.5. The van der Waals surface area contributed by atoms with Crippen molar-refractivity contribution in [1.82, 2.24) is 4.98 Å². The number of benzene rings is 1. The number of pyridine rings is 1. The van der Waals surface area contributed by atoms with E-state index in [9.17, 15) is 4.39 Å². The molecule has 2 rings (SSSR count). The van der Waals surface area contributed by atoms with Crippen molar-refractivity contribution in [3.8, 4) is 29.0 Å². The van der Waals surface area contributed by atoms with Gasteiger partial charge in [-0.25, -0.2) is 9.37 Å². The van der Waals surface area contributed by atoms with Gasteiger partial charge in [-0.15, -0.1) is 0 Å². The van der Waals surface area contributed by atoms with Gasteiger partial charge in [-0.05, 0) is 44.5 Å². The summed E-state index contributed by atoms with van der Waals surface area (Å²) in [5.41, 5.74) is 7.76. The number of nitrogens with zero attached hydrogens (tertiary/aromatic N) is 2. The molecule has 0 atom stereocenters. The molecule has 0 spiro atoms. The zero-order valence-electron chi connectivity index (χ0n) is 12.7. The van der Waals surface area contributed by atoms with Crippen LogP contribution in [0.5, 0.6) is 0 Å². The van der Waals surface area contributed by atoms with Gasteiger partial charge in [-0.2, -0.15) is 5.26 Å². The standard InChI is InChI=1S/C18H16FN3/c1-18(2,3)8-6-15-14(7-9-22-17(15)21)12-4-5-16(19)13(10-12)11-20/h4-5,7,9-10H,1-3H3,(H2,21,22). The molecule has 110 valence electrons. The van der Waals surface area contributed by atoms with Crippen molar-refractivity contribution in [2.24, 2.45) is 5.41 Å². The largest absolute Gasteiger partial charge is 0.383 e. The van der Waals surface area contributed by atoms with Gasteiger partial charge in [0, 0.05) is 17.2 Å². The molecule has 1 aromatic heterocycles. The zero-order chi connectivity index (χ0) is 16.3. The fourth-order valence-corrected chi connectivity index (χ4v) is 1.88. The van der Waals surface area contributed by atoms with E-state index in [4.69, 9.17) is 11.0 Å². The maximum atomic E-state index is 13.5. The molecule has 2 aromatic rings. The quantitative estimate of drug-likeness (QED) is 0.815. The first kappa shape index (κ1) is 15.5. The van der Waals surface area contributed by atoms with E-state index in [2.05, 4.69) is 16.8 Å². The summed E-state index contributed by atoms with van der Waals surface area (Å²) >= 11 is 0. The average molecular weight is 293 g/mol. The van der Waals surface area contributed by atoms with Crippen molar-refractivity contribution in [1.29, 1.82) is 5.26 Å². The van der Waals surface area contributed by atoms with E-state index in [-0.39, 0.29) is 11.0 Å². The van der Waals surface area contributed by atoms with Gasteiger partial charge in [0.2, 0.25) is 0 Å². The van der Waals surface area contributed by atoms with E-state index in [0.29, 0.717) is 16.9 Å².